The summed E-state index contributed by atoms with van der Waals surface area (Å²) in [6.07, 6.45) is 4.73. The molecule has 0 fully saturated rings. The summed E-state index contributed by atoms with van der Waals surface area (Å²) in [6.45, 7) is 0. The Kier molecular flexibility index (Phi) is 6.81. The molecule has 2 aromatic carbocycles. The quantitative estimate of drug-likeness (QED) is 0.288. The molecule has 198 valence electrons. The Morgan fingerprint density at radius 1 is 1.02 bits per heavy atom. The Morgan fingerprint density at radius 3 is 2.65 bits per heavy atom. The van der Waals surface area contributed by atoms with Crippen LogP contribution in [-0.2, 0) is 11.2 Å². The summed E-state index contributed by atoms with van der Waals surface area (Å²) in [4.78, 5) is 36.0. The van der Waals surface area contributed by atoms with E-state index in [0.717, 1.165) is 5.56 Å². The maximum atomic E-state index is 13.6. The fraction of sp³-hybridized carbons (Fsp3) is 0.0741. The van der Waals surface area contributed by atoms with Crippen molar-refractivity contribution in [3.8, 4) is 16.9 Å². The Labute approximate surface area is 236 Å². The summed E-state index contributed by atoms with van der Waals surface area (Å²) in [7, 11) is 0. The lowest BCUT2D eigenvalue weighted by Crippen LogP contribution is -2.35. The van der Waals surface area contributed by atoms with Crippen molar-refractivity contribution in [3.05, 3.63) is 112 Å². The molecular formula is C27H19Cl2N9O2. The number of carbonyl (C=O) groups is 1. The molecule has 1 atom stereocenters. The molecule has 6 aromatic rings. The van der Waals surface area contributed by atoms with Crippen molar-refractivity contribution < 1.29 is 4.79 Å². The first kappa shape index (κ1) is 25.4. The molecule has 1 amide bonds. The number of carbonyl (C=O) groups excluding carboxylic acids is 1. The van der Waals surface area contributed by atoms with E-state index in [9.17, 15) is 9.59 Å². The number of hydrogen-bond acceptors (Lipinski definition) is 7. The Hall–Kier alpha value is -4.87. The Balaban J connectivity index is 1.38. The molecule has 0 aliphatic heterocycles. The minimum Gasteiger partial charge on any atom is -0.306 e. The zero-order valence-electron chi connectivity index (χ0n) is 20.6. The van der Waals surface area contributed by atoms with Crippen LogP contribution in [-0.4, -0.2) is 45.6 Å². The van der Waals surface area contributed by atoms with Gasteiger partial charge in [-0.25, -0.2) is 9.67 Å². The van der Waals surface area contributed by atoms with Gasteiger partial charge in [-0.2, -0.15) is 5.10 Å². The van der Waals surface area contributed by atoms with Gasteiger partial charge in [-0.05, 0) is 35.9 Å². The van der Waals surface area contributed by atoms with Crippen LogP contribution in [0.5, 0.6) is 0 Å². The van der Waals surface area contributed by atoms with Crippen LogP contribution < -0.4 is 10.9 Å². The van der Waals surface area contributed by atoms with Gasteiger partial charge in [0.25, 0.3) is 5.56 Å². The number of aromatic amines is 1. The summed E-state index contributed by atoms with van der Waals surface area (Å²) in [5, 5.41) is 18.3. The van der Waals surface area contributed by atoms with E-state index in [1.165, 1.54) is 27.8 Å². The molecule has 40 heavy (non-hydrogen) atoms. The first-order valence-electron chi connectivity index (χ1n) is 12.1. The summed E-state index contributed by atoms with van der Waals surface area (Å²) in [5.74, 6) is -0.174. The normalized spacial score (nSPS) is 11.9. The van der Waals surface area contributed by atoms with Gasteiger partial charge in [0.2, 0.25) is 5.91 Å². The largest absolute Gasteiger partial charge is 0.306 e. The van der Waals surface area contributed by atoms with E-state index in [0.29, 0.717) is 33.0 Å². The van der Waals surface area contributed by atoms with Gasteiger partial charge in [0.1, 0.15) is 11.6 Å². The van der Waals surface area contributed by atoms with Crippen LogP contribution in [0.3, 0.4) is 0 Å². The third-order valence-electron chi connectivity index (χ3n) is 6.25. The summed E-state index contributed by atoms with van der Waals surface area (Å²) >= 11 is 12.2. The number of amides is 1. The number of rotatable bonds is 7. The maximum absolute atomic E-state index is 13.6. The number of H-pyrrole nitrogens is 1. The molecule has 0 radical (unpaired) electrons. The van der Waals surface area contributed by atoms with Crippen molar-refractivity contribution in [1.82, 2.24) is 39.7 Å². The van der Waals surface area contributed by atoms with Gasteiger partial charge < -0.3 is 5.32 Å². The lowest BCUT2D eigenvalue weighted by molar-refractivity contribution is -0.119. The van der Waals surface area contributed by atoms with Crippen molar-refractivity contribution in [2.24, 2.45) is 0 Å². The van der Waals surface area contributed by atoms with E-state index in [1.54, 1.807) is 36.5 Å². The minimum atomic E-state index is -0.931. The van der Waals surface area contributed by atoms with Gasteiger partial charge in [-0.1, -0.05) is 58.7 Å². The average Bonchev–Trinajstić information content (AvgIpc) is 3.58. The smallest absolute Gasteiger partial charge is 0.254 e. The zero-order valence-corrected chi connectivity index (χ0v) is 22.1. The number of nitrogens with zero attached hydrogens (tertiary/aromatic N) is 7. The lowest BCUT2D eigenvalue weighted by atomic mass is 10.0. The van der Waals surface area contributed by atoms with Gasteiger partial charge in [0, 0.05) is 29.3 Å². The number of anilines is 1. The second kappa shape index (κ2) is 10.7. The highest BCUT2D eigenvalue weighted by atomic mass is 35.5. The van der Waals surface area contributed by atoms with Gasteiger partial charge >= 0.3 is 0 Å². The van der Waals surface area contributed by atoms with Crippen molar-refractivity contribution in [2.75, 3.05) is 5.32 Å². The van der Waals surface area contributed by atoms with Gasteiger partial charge in [0.15, 0.2) is 11.0 Å². The van der Waals surface area contributed by atoms with E-state index in [4.69, 9.17) is 23.2 Å². The molecule has 0 saturated carbocycles. The van der Waals surface area contributed by atoms with E-state index >= 15 is 0 Å². The highest BCUT2D eigenvalue weighted by Crippen LogP contribution is 2.28. The predicted octanol–water partition coefficient (Wildman–Crippen LogP) is 4.49. The molecule has 13 heteroatoms. The van der Waals surface area contributed by atoms with Crippen LogP contribution >= 0.6 is 23.2 Å². The molecule has 4 heterocycles. The fourth-order valence-corrected chi connectivity index (χ4v) is 4.66. The highest BCUT2D eigenvalue weighted by molar-refractivity contribution is 6.31. The van der Waals surface area contributed by atoms with Crippen molar-refractivity contribution in [3.63, 3.8) is 0 Å². The van der Waals surface area contributed by atoms with Gasteiger partial charge in [-0.3, -0.25) is 24.2 Å². The summed E-state index contributed by atoms with van der Waals surface area (Å²) < 4.78 is 2.76. The first-order chi connectivity index (χ1) is 19.5. The van der Waals surface area contributed by atoms with Crippen LogP contribution in [0.25, 0.3) is 28.0 Å². The number of hydrogen-bond donors (Lipinski definition) is 2. The van der Waals surface area contributed by atoms with Crippen molar-refractivity contribution in [2.45, 2.75) is 12.5 Å². The van der Waals surface area contributed by atoms with Crippen LogP contribution in [0.1, 0.15) is 11.6 Å². The van der Waals surface area contributed by atoms with Crippen LogP contribution in [0.2, 0.25) is 10.2 Å². The fourth-order valence-electron chi connectivity index (χ4n) is 4.36. The third-order valence-corrected chi connectivity index (χ3v) is 6.66. The van der Waals surface area contributed by atoms with Gasteiger partial charge in [-0.15, -0.1) is 5.10 Å². The monoisotopic (exact) mass is 571 g/mol. The predicted molar refractivity (Wildman–Crippen MR) is 151 cm³/mol. The molecule has 0 unspecified atom stereocenters. The first-order valence-corrected chi connectivity index (χ1v) is 12.8. The summed E-state index contributed by atoms with van der Waals surface area (Å²) in [5.41, 5.74) is 3.06. The molecule has 0 bridgehead atoms. The molecule has 11 nitrogen and oxygen atoms in total. The molecule has 0 saturated heterocycles. The number of halogens is 2. The van der Waals surface area contributed by atoms with E-state index < -0.39 is 17.5 Å². The minimum absolute atomic E-state index is 0.207. The van der Waals surface area contributed by atoms with Crippen LogP contribution in [0.15, 0.2) is 90.2 Å². The van der Waals surface area contributed by atoms with E-state index in [-0.39, 0.29) is 17.4 Å². The lowest BCUT2D eigenvalue weighted by Gasteiger charge is -2.19. The molecule has 2 N–H and O–H groups in total. The standard InChI is InChI=1S/C27H19Cl2N9O2/c28-17-8-9-21(38-14-23(29)34-36-38)18(12-17)20-13-24(39)37(15-31-20)22(11-16-5-2-1-3-6-16)27(40)32-26-25-19(33-35-26)7-4-10-30-25/h1-10,12-15,22H,11H2,(H2,32,33,35,40)/t22-/m0/s1. The molecule has 0 aliphatic carbocycles. The summed E-state index contributed by atoms with van der Waals surface area (Å²) in [6, 6.07) is 18.5. The van der Waals surface area contributed by atoms with Crippen LogP contribution in [0.4, 0.5) is 5.82 Å². The Morgan fingerprint density at radius 2 is 1.88 bits per heavy atom. The topological polar surface area (TPSA) is 136 Å². The number of pyridine rings is 1. The second-order valence-electron chi connectivity index (χ2n) is 8.83. The van der Waals surface area contributed by atoms with Crippen molar-refractivity contribution >= 4 is 46.0 Å². The molecule has 0 aliphatic rings. The molecule has 4 aromatic heterocycles. The SMILES string of the molecule is O=C(Nc1n[nH]c2cccnc12)[C@H](Cc1ccccc1)n1cnc(-c2cc(Cl)ccc2-n2cc(Cl)nn2)cc1=O. The van der Waals surface area contributed by atoms with Gasteiger partial charge in [0.05, 0.1) is 29.4 Å². The zero-order chi connectivity index (χ0) is 27.6. The Bertz CT molecular complexity index is 1900. The maximum Gasteiger partial charge on any atom is 0.254 e. The van der Waals surface area contributed by atoms with Crippen molar-refractivity contribution in [1.29, 1.82) is 0 Å². The number of nitrogens with one attached hydrogen (secondary N) is 2. The van der Waals surface area contributed by atoms with E-state index in [2.05, 4.69) is 35.8 Å². The highest BCUT2D eigenvalue weighted by Gasteiger charge is 2.25. The molecular weight excluding hydrogens is 553 g/mol. The average molecular weight is 572 g/mol. The number of fused-ring (bicyclic) bond motifs is 1. The molecule has 0 spiro atoms. The van der Waals surface area contributed by atoms with Crippen LogP contribution in [0, 0.1) is 0 Å². The molecule has 6 rings (SSSR count). The number of aromatic nitrogens is 8. The van der Waals surface area contributed by atoms with E-state index in [1.807, 2.05) is 30.3 Å². The second-order valence-corrected chi connectivity index (χ2v) is 9.66. The third kappa shape index (κ3) is 5.07. The number of benzene rings is 2.